The molecule has 7 heavy (non-hydrogen) atoms. The van der Waals surface area contributed by atoms with Crippen LogP contribution in [0.5, 0.6) is 5.75 Å². The van der Waals surface area contributed by atoms with Gasteiger partial charge in [-0.1, -0.05) is 0 Å². The normalized spacial score (nSPS) is 14.3. The van der Waals surface area contributed by atoms with Gasteiger partial charge in [-0.05, 0) is 0 Å². The fourth-order valence-electron chi connectivity index (χ4n) is 0.626. The molecule has 1 aliphatic rings. The smallest absolute Gasteiger partial charge is 0.182 e. The molecule has 2 heterocycles. The second-order valence-corrected chi connectivity index (χ2v) is 1.50. The number of hydrogen-bond donors (Lipinski definition) is 0. The zero-order valence-corrected chi connectivity index (χ0v) is 3.68. The van der Waals surface area contributed by atoms with Crippen LogP contribution in [-0.4, -0.2) is 0 Å². The van der Waals surface area contributed by atoms with Gasteiger partial charge in [0, 0.05) is 6.07 Å². The molecule has 2 nitrogen and oxygen atoms in total. The summed E-state index contributed by atoms with van der Waals surface area (Å²) in [6.45, 7) is 0.655. The molecule has 1 aliphatic heterocycles. The molecule has 0 aromatic carbocycles. The molecule has 0 saturated carbocycles. The van der Waals surface area contributed by atoms with E-state index in [2.05, 4.69) is 0 Å². The first-order chi connectivity index (χ1) is 3.47. The lowest BCUT2D eigenvalue weighted by Crippen LogP contribution is -2.04. The highest BCUT2D eigenvalue weighted by Gasteiger charge is 2.16. The summed E-state index contributed by atoms with van der Waals surface area (Å²) in [5, 5.41) is 0. The number of rotatable bonds is 0. The van der Waals surface area contributed by atoms with E-state index in [9.17, 15) is 0 Å². The Morgan fingerprint density at radius 1 is 1.57 bits per heavy atom. The van der Waals surface area contributed by atoms with Crippen LogP contribution >= 0.6 is 0 Å². The third kappa shape index (κ3) is 0.243. The number of furan rings is 1. The van der Waals surface area contributed by atoms with E-state index in [-0.39, 0.29) is 0 Å². The summed E-state index contributed by atoms with van der Waals surface area (Å²) in [5.41, 5.74) is 0. The Morgan fingerprint density at radius 2 is 2.57 bits per heavy atom. The standard InChI is InChI=1S/C5H4O2/c1-2-6-5-3-7-4(1)5/h1-2H,3H2. The molecule has 0 unspecified atom stereocenters. The molecule has 1 aromatic heterocycles. The molecule has 0 saturated heterocycles. The lowest BCUT2D eigenvalue weighted by atomic mass is 10.3. The Morgan fingerprint density at radius 3 is 2.86 bits per heavy atom. The van der Waals surface area contributed by atoms with Gasteiger partial charge in [0.2, 0.25) is 0 Å². The van der Waals surface area contributed by atoms with Crippen LogP contribution in [0.3, 0.4) is 0 Å². The third-order valence-electron chi connectivity index (χ3n) is 1.06. The van der Waals surface area contributed by atoms with Crippen molar-refractivity contribution in [2.24, 2.45) is 0 Å². The van der Waals surface area contributed by atoms with Gasteiger partial charge in [-0.2, -0.15) is 0 Å². The van der Waals surface area contributed by atoms with Crippen LogP contribution in [0.1, 0.15) is 5.76 Å². The summed E-state index contributed by atoms with van der Waals surface area (Å²) in [6.07, 6.45) is 1.64. The Balaban J connectivity index is 2.69. The van der Waals surface area contributed by atoms with Gasteiger partial charge in [-0.3, -0.25) is 0 Å². The van der Waals surface area contributed by atoms with Crippen LogP contribution in [0.25, 0.3) is 0 Å². The Hall–Kier alpha value is -0.920. The monoisotopic (exact) mass is 96.0 g/mol. The molecule has 0 amide bonds. The van der Waals surface area contributed by atoms with Crippen LogP contribution in [0.4, 0.5) is 0 Å². The molecule has 0 aliphatic carbocycles. The molecule has 2 heteroatoms. The minimum Gasteiger partial charge on any atom is -0.482 e. The summed E-state index contributed by atoms with van der Waals surface area (Å²) in [4.78, 5) is 0. The molecule has 0 radical (unpaired) electrons. The molecule has 0 spiro atoms. The molecule has 0 atom stereocenters. The summed E-state index contributed by atoms with van der Waals surface area (Å²) in [6, 6.07) is 1.82. The van der Waals surface area contributed by atoms with Crippen molar-refractivity contribution >= 4 is 0 Å². The molecule has 0 fully saturated rings. The van der Waals surface area contributed by atoms with Crippen molar-refractivity contribution in [1.29, 1.82) is 0 Å². The van der Waals surface area contributed by atoms with Gasteiger partial charge in [0.1, 0.15) is 6.61 Å². The van der Waals surface area contributed by atoms with Crippen LogP contribution in [0, 0.1) is 0 Å². The van der Waals surface area contributed by atoms with Crippen LogP contribution in [-0.2, 0) is 6.61 Å². The lowest BCUT2D eigenvalue weighted by molar-refractivity contribution is 0.200. The lowest BCUT2D eigenvalue weighted by Gasteiger charge is -2.11. The fourth-order valence-corrected chi connectivity index (χ4v) is 0.626. The maximum absolute atomic E-state index is 4.93. The van der Waals surface area contributed by atoms with E-state index in [0.29, 0.717) is 6.61 Å². The Labute approximate surface area is 40.7 Å². The summed E-state index contributed by atoms with van der Waals surface area (Å²) >= 11 is 0. The SMILES string of the molecule is c1cc2c(o1)CO2. The van der Waals surface area contributed by atoms with Crippen molar-refractivity contribution in [2.45, 2.75) is 6.61 Å². The zero-order chi connectivity index (χ0) is 4.69. The van der Waals surface area contributed by atoms with Crippen molar-refractivity contribution in [3.63, 3.8) is 0 Å². The second-order valence-electron chi connectivity index (χ2n) is 1.50. The van der Waals surface area contributed by atoms with E-state index in [4.69, 9.17) is 9.15 Å². The largest absolute Gasteiger partial charge is 0.482 e. The molecular formula is C5H4O2. The molecule has 36 valence electrons. The summed E-state index contributed by atoms with van der Waals surface area (Å²) < 4.78 is 9.85. The summed E-state index contributed by atoms with van der Waals surface area (Å²) in [5.74, 6) is 1.88. The molecule has 1 aromatic rings. The highest BCUT2D eigenvalue weighted by atomic mass is 16.5. The quantitative estimate of drug-likeness (QED) is 0.483. The maximum Gasteiger partial charge on any atom is 0.182 e. The topological polar surface area (TPSA) is 22.4 Å². The number of hydrogen-bond acceptors (Lipinski definition) is 2. The van der Waals surface area contributed by atoms with E-state index in [1.54, 1.807) is 6.26 Å². The van der Waals surface area contributed by atoms with E-state index in [1.807, 2.05) is 6.07 Å². The zero-order valence-electron chi connectivity index (χ0n) is 3.68. The van der Waals surface area contributed by atoms with Crippen molar-refractivity contribution < 1.29 is 9.15 Å². The Kier molecular flexibility index (Phi) is 0.372. The Bertz CT molecular complexity index is 159. The first kappa shape index (κ1) is 3.13. The van der Waals surface area contributed by atoms with Gasteiger partial charge in [0.25, 0.3) is 0 Å². The average molecular weight is 96.1 g/mol. The first-order valence-corrected chi connectivity index (χ1v) is 2.16. The highest BCUT2D eigenvalue weighted by Crippen LogP contribution is 2.28. The third-order valence-corrected chi connectivity index (χ3v) is 1.06. The number of ether oxygens (including phenoxy) is 1. The van der Waals surface area contributed by atoms with E-state index < -0.39 is 0 Å². The first-order valence-electron chi connectivity index (χ1n) is 2.16. The van der Waals surface area contributed by atoms with Crippen molar-refractivity contribution in [3.8, 4) is 5.75 Å². The minimum absolute atomic E-state index is 0.655. The molecule has 0 bridgehead atoms. The second kappa shape index (κ2) is 0.832. The van der Waals surface area contributed by atoms with Crippen molar-refractivity contribution in [1.82, 2.24) is 0 Å². The van der Waals surface area contributed by atoms with Gasteiger partial charge in [-0.15, -0.1) is 0 Å². The van der Waals surface area contributed by atoms with Crippen LogP contribution in [0.2, 0.25) is 0 Å². The predicted octanol–water partition coefficient (Wildman–Crippen LogP) is 1.17. The van der Waals surface area contributed by atoms with Gasteiger partial charge in [-0.25, -0.2) is 0 Å². The van der Waals surface area contributed by atoms with Gasteiger partial charge < -0.3 is 9.15 Å². The number of fused-ring (bicyclic) bond motifs is 1. The average Bonchev–Trinajstić information content (AvgIpc) is 1.85. The predicted molar refractivity (Wildman–Crippen MR) is 23.0 cm³/mol. The van der Waals surface area contributed by atoms with Crippen LogP contribution < -0.4 is 4.74 Å². The van der Waals surface area contributed by atoms with Gasteiger partial charge in [0.15, 0.2) is 11.5 Å². The minimum atomic E-state index is 0.655. The van der Waals surface area contributed by atoms with Crippen LogP contribution in [0.15, 0.2) is 16.7 Å². The van der Waals surface area contributed by atoms with E-state index in [0.717, 1.165) is 11.5 Å². The van der Waals surface area contributed by atoms with Gasteiger partial charge in [0.05, 0.1) is 6.26 Å². The van der Waals surface area contributed by atoms with Crippen molar-refractivity contribution in [2.75, 3.05) is 0 Å². The summed E-state index contributed by atoms with van der Waals surface area (Å²) in [7, 11) is 0. The highest BCUT2D eigenvalue weighted by molar-refractivity contribution is 5.29. The van der Waals surface area contributed by atoms with E-state index >= 15 is 0 Å². The van der Waals surface area contributed by atoms with E-state index in [1.165, 1.54) is 0 Å². The molecule has 0 N–H and O–H groups in total. The van der Waals surface area contributed by atoms with Crippen molar-refractivity contribution in [3.05, 3.63) is 18.1 Å². The fraction of sp³-hybridized carbons (Fsp3) is 0.200. The maximum atomic E-state index is 4.93. The van der Waals surface area contributed by atoms with Gasteiger partial charge >= 0.3 is 0 Å². The molecular weight excluding hydrogens is 92.1 g/mol. The molecule has 2 rings (SSSR count).